The largest absolute Gasteiger partial charge is 0.454 e. The smallest absolute Gasteiger partial charge is 0.338 e. The monoisotopic (exact) mass is 504 g/mol. The van der Waals surface area contributed by atoms with Crippen LogP contribution in [-0.2, 0) is 9.47 Å². The Kier molecular flexibility index (Phi) is 7.15. The molecular formula is C34H32O4. The SMILES string of the molecule is Cc1ccc(C(=O)OC2C(C)c3ccccc3C(c3ccccc3C)C2OC(=O)c2ccc(C)cc2)cc1. The standard InChI is InChI=1S/C34H32O4/c1-21-13-17-25(18-14-21)33(35)37-31-24(4)28-11-7-8-12-29(28)30(27-10-6-5-9-23(27)3)32(31)38-34(36)26-19-15-22(2)16-20-26/h5-20,24,30-32H,1-4H3. The number of hydrogen-bond acceptors (Lipinski definition) is 4. The van der Waals surface area contributed by atoms with Gasteiger partial charge in [-0.05, 0) is 67.3 Å². The van der Waals surface area contributed by atoms with E-state index in [9.17, 15) is 9.59 Å². The maximum absolute atomic E-state index is 13.5. The summed E-state index contributed by atoms with van der Waals surface area (Å²) in [5.74, 6) is -1.34. The molecule has 0 radical (unpaired) electrons. The van der Waals surface area contributed by atoms with Crippen LogP contribution >= 0.6 is 0 Å². The van der Waals surface area contributed by atoms with Gasteiger partial charge < -0.3 is 9.47 Å². The van der Waals surface area contributed by atoms with Crippen molar-refractivity contribution in [3.05, 3.63) is 142 Å². The van der Waals surface area contributed by atoms with Crippen LogP contribution in [0, 0.1) is 20.8 Å². The zero-order valence-electron chi connectivity index (χ0n) is 22.2. The number of rotatable bonds is 5. The Morgan fingerprint density at radius 3 is 1.53 bits per heavy atom. The van der Waals surface area contributed by atoms with Crippen molar-refractivity contribution in [3.8, 4) is 0 Å². The summed E-state index contributed by atoms with van der Waals surface area (Å²) >= 11 is 0. The maximum Gasteiger partial charge on any atom is 0.338 e. The van der Waals surface area contributed by atoms with Crippen LogP contribution in [0.4, 0.5) is 0 Å². The lowest BCUT2D eigenvalue weighted by Crippen LogP contribution is -2.46. The fraction of sp³-hybridized carbons (Fsp3) is 0.235. The van der Waals surface area contributed by atoms with Crippen molar-refractivity contribution in [2.45, 2.75) is 51.7 Å². The highest BCUT2D eigenvalue weighted by atomic mass is 16.6. The van der Waals surface area contributed by atoms with E-state index in [4.69, 9.17) is 9.47 Å². The zero-order chi connectivity index (χ0) is 26.8. The molecule has 4 aromatic carbocycles. The molecule has 0 saturated heterocycles. The molecule has 4 aromatic rings. The van der Waals surface area contributed by atoms with Crippen molar-refractivity contribution in [2.75, 3.05) is 0 Å². The topological polar surface area (TPSA) is 52.6 Å². The second-order valence-corrected chi connectivity index (χ2v) is 10.2. The first-order valence-corrected chi connectivity index (χ1v) is 13.0. The van der Waals surface area contributed by atoms with Crippen LogP contribution in [0.1, 0.15) is 72.9 Å². The maximum atomic E-state index is 13.5. The van der Waals surface area contributed by atoms with Crippen LogP contribution in [0.2, 0.25) is 0 Å². The first kappa shape index (κ1) is 25.5. The van der Waals surface area contributed by atoms with Crippen LogP contribution in [0.25, 0.3) is 0 Å². The molecule has 0 amide bonds. The molecule has 1 aliphatic carbocycles. The molecule has 4 heteroatoms. The summed E-state index contributed by atoms with van der Waals surface area (Å²) in [6, 6.07) is 30.9. The highest BCUT2D eigenvalue weighted by molar-refractivity contribution is 5.90. The van der Waals surface area contributed by atoms with Gasteiger partial charge in [0.05, 0.1) is 17.0 Å². The van der Waals surface area contributed by atoms with Gasteiger partial charge in [0.2, 0.25) is 0 Å². The minimum Gasteiger partial charge on any atom is -0.454 e. The van der Waals surface area contributed by atoms with E-state index < -0.39 is 24.1 Å². The van der Waals surface area contributed by atoms with Gasteiger partial charge in [-0.1, -0.05) is 90.8 Å². The number of hydrogen-bond donors (Lipinski definition) is 0. The molecular weight excluding hydrogens is 472 g/mol. The predicted molar refractivity (Wildman–Crippen MR) is 149 cm³/mol. The Hall–Kier alpha value is -4.18. The van der Waals surface area contributed by atoms with Crippen LogP contribution in [0.3, 0.4) is 0 Å². The summed E-state index contributed by atoms with van der Waals surface area (Å²) in [4.78, 5) is 26.8. The van der Waals surface area contributed by atoms with Gasteiger partial charge in [-0.15, -0.1) is 0 Å². The number of carbonyl (C=O) groups is 2. The highest BCUT2D eigenvalue weighted by Crippen LogP contribution is 2.46. The van der Waals surface area contributed by atoms with E-state index in [0.29, 0.717) is 11.1 Å². The van der Waals surface area contributed by atoms with E-state index in [-0.39, 0.29) is 11.8 Å². The third-order valence-electron chi connectivity index (χ3n) is 7.55. The van der Waals surface area contributed by atoms with E-state index >= 15 is 0 Å². The second-order valence-electron chi connectivity index (χ2n) is 10.2. The van der Waals surface area contributed by atoms with Crippen LogP contribution in [0.15, 0.2) is 97.1 Å². The second kappa shape index (κ2) is 10.7. The molecule has 192 valence electrons. The van der Waals surface area contributed by atoms with Crippen molar-refractivity contribution >= 4 is 11.9 Å². The molecule has 0 aromatic heterocycles. The molecule has 0 fully saturated rings. The summed E-state index contributed by atoms with van der Waals surface area (Å²) in [6.45, 7) is 8.04. The van der Waals surface area contributed by atoms with Gasteiger partial charge in [-0.3, -0.25) is 0 Å². The van der Waals surface area contributed by atoms with Gasteiger partial charge in [-0.25, -0.2) is 9.59 Å². The normalized spacial score (nSPS) is 20.3. The molecule has 0 saturated carbocycles. The van der Waals surface area contributed by atoms with Gasteiger partial charge in [0.15, 0.2) is 6.10 Å². The summed E-state index contributed by atoms with van der Waals surface area (Å²) in [5.41, 5.74) is 7.36. The Morgan fingerprint density at radius 1 is 0.553 bits per heavy atom. The Balaban J connectivity index is 1.61. The van der Waals surface area contributed by atoms with Gasteiger partial charge in [0, 0.05) is 5.92 Å². The number of esters is 2. The van der Waals surface area contributed by atoms with Crippen LogP contribution in [0.5, 0.6) is 0 Å². The molecule has 4 nitrogen and oxygen atoms in total. The minimum atomic E-state index is -0.718. The van der Waals surface area contributed by atoms with Crippen molar-refractivity contribution < 1.29 is 19.1 Å². The zero-order valence-corrected chi connectivity index (χ0v) is 22.2. The van der Waals surface area contributed by atoms with Crippen molar-refractivity contribution in [1.29, 1.82) is 0 Å². The quantitative estimate of drug-likeness (QED) is 0.267. The van der Waals surface area contributed by atoms with E-state index in [1.165, 1.54) is 0 Å². The molecule has 0 heterocycles. The fourth-order valence-corrected chi connectivity index (χ4v) is 5.38. The van der Waals surface area contributed by atoms with E-state index in [2.05, 4.69) is 31.2 Å². The fourth-order valence-electron chi connectivity index (χ4n) is 5.38. The first-order valence-electron chi connectivity index (χ1n) is 13.0. The molecule has 4 atom stereocenters. The first-order chi connectivity index (χ1) is 18.3. The molecule has 0 bridgehead atoms. The number of ether oxygens (including phenoxy) is 2. The predicted octanol–water partition coefficient (Wildman–Crippen LogP) is 7.31. The number of carbonyl (C=O) groups excluding carboxylic acids is 2. The van der Waals surface area contributed by atoms with Crippen LogP contribution < -0.4 is 0 Å². The van der Waals surface area contributed by atoms with E-state index in [1.54, 1.807) is 24.3 Å². The van der Waals surface area contributed by atoms with Gasteiger partial charge in [0.1, 0.15) is 6.10 Å². The van der Waals surface area contributed by atoms with Crippen LogP contribution in [-0.4, -0.2) is 24.1 Å². The summed E-state index contributed by atoms with van der Waals surface area (Å²) in [6.07, 6.45) is -1.40. The van der Waals surface area contributed by atoms with Gasteiger partial charge in [0.25, 0.3) is 0 Å². The minimum absolute atomic E-state index is 0.184. The third kappa shape index (κ3) is 4.99. The summed E-state index contributed by atoms with van der Waals surface area (Å²) in [7, 11) is 0. The average molecular weight is 505 g/mol. The summed E-state index contributed by atoms with van der Waals surface area (Å²) in [5, 5.41) is 0. The highest BCUT2D eigenvalue weighted by Gasteiger charge is 2.46. The van der Waals surface area contributed by atoms with Gasteiger partial charge >= 0.3 is 11.9 Å². The van der Waals surface area contributed by atoms with E-state index in [1.807, 2.05) is 69.3 Å². The van der Waals surface area contributed by atoms with Crippen molar-refractivity contribution in [3.63, 3.8) is 0 Å². The average Bonchev–Trinajstić information content (AvgIpc) is 2.92. The lowest BCUT2D eigenvalue weighted by Gasteiger charge is -2.42. The molecule has 0 N–H and O–H groups in total. The Labute approximate surface area is 224 Å². The number of aryl methyl sites for hydroxylation is 3. The Bertz CT molecular complexity index is 1450. The molecule has 1 aliphatic rings. The Morgan fingerprint density at radius 2 is 1.00 bits per heavy atom. The molecule has 4 unspecified atom stereocenters. The molecule has 0 spiro atoms. The lowest BCUT2D eigenvalue weighted by atomic mass is 9.70. The van der Waals surface area contributed by atoms with Crippen molar-refractivity contribution in [2.24, 2.45) is 0 Å². The summed E-state index contributed by atoms with van der Waals surface area (Å²) < 4.78 is 12.5. The number of benzene rings is 4. The third-order valence-corrected chi connectivity index (χ3v) is 7.55. The van der Waals surface area contributed by atoms with E-state index in [0.717, 1.165) is 33.4 Å². The molecule has 5 rings (SSSR count). The lowest BCUT2D eigenvalue weighted by molar-refractivity contribution is -0.0532. The molecule has 38 heavy (non-hydrogen) atoms. The number of fused-ring (bicyclic) bond motifs is 1. The van der Waals surface area contributed by atoms with Gasteiger partial charge in [-0.2, -0.15) is 0 Å². The molecule has 0 aliphatic heterocycles. The van der Waals surface area contributed by atoms with Crippen molar-refractivity contribution in [1.82, 2.24) is 0 Å².